The highest BCUT2D eigenvalue weighted by Gasteiger charge is 2.31. The fraction of sp³-hybridized carbons (Fsp3) is 0.321. The lowest BCUT2D eigenvalue weighted by Gasteiger charge is -2.33. The molecule has 0 amide bonds. The van der Waals surface area contributed by atoms with Crippen LogP contribution in [-0.2, 0) is 19.0 Å². The molecule has 0 bridgehead atoms. The van der Waals surface area contributed by atoms with Gasteiger partial charge in [0.2, 0.25) is 0 Å². The molecule has 1 aromatic heterocycles. The number of allylic oxidation sites excluding steroid dienone is 2. The molecule has 2 aliphatic rings. The standard InChI is InChI=1S/C20H19F3N2.C8H10/c21-20(22,23)16-6-8-19(24-13-16)25-11-9-15(10-12-25)18-7-5-14-3-1-2-4-17(14)18;1-2-8-6-4-3-5-7-8/h1-4,6-8,13,15H,5,9-12H2;3-7H,2H2,1H3. The Morgan fingerprint density at radius 1 is 0.909 bits per heavy atom. The lowest BCUT2D eigenvalue weighted by atomic mass is 9.86. The molecule has 3 aromatic rings. The quantitative estimate of drug-likeness (QED) is 0.419. The Hall–Kier alpha value is -3.08. The number of benzene rings is 2. The number of hydrogen-bond donors (Lipinski definition) is 0. The number of halogens is 3. The second-order valence-corrected chi connectivity index (χ2v) is 8.52. The van der Waals surface area contributed by atoms with Crippen LogP contribution < -0.4 is 4.90 Å². The van der Waals surface area contributed by atoms with Crippen molar-refractivity contribution in [1.82, 2.24) is 4.98 Å². The van der Waals surface area contributed by atoms with E-state index in [4.69, 9.17) is 0 Å². The molecule has 1 fully saturated rings. The first-order chi connectivity index (χ1) is 16.0. The van der Waals surface area contributed by atoms with Crippen LogP contribution in [0.15, 0.2) is 79.0 Å². The first kappa shape index (κ1) is 23.1. The van der Waals surface area contributed by atoms with Gasteiger partial charge in [-0.2, -0.15) is 13.2 Å². The highest BCUT2D eigenvalue weighted by molar-refractivity contribution is 5.74. The summed E-state index contributed by atoms with van der Waals surface area (Å²) < 4.78 is 37.9. The van der Waals surface area contributed by atoms with E-state index < -0.39 is 11.7 Å². The van der Waals surface area contributed by atoms with Gasteiger partial charge in [0.25, 0.3) is 0 Å². The van der Waals surface area contributed by atoms with Gasteiger partial charge in [0.05, 0.1) is 5.56 Å². The van der Waals surface area contributed by atoms with Crippen molar-refractivity contribution in [2.75, 3.05) is 18.0 Å². The molecule has 1 aliphatic carbocycles. The third kappa shape index (κ3) is 5.65. The maximum Gasteiger partial charge on any atom is 0.417 e. The first-order valence-corrected chi connectivity index (χ1v) is 11.6. The molecule has 1 saturated heterocycles. The van der Waals surface area contributed by atoms with Crippen LogP contribution in [0.2, 0.25) is 0 Å². The summed E-state index contributed by atoms with van der Waals surface area (Å²) in [6, 6.07) is 21.6. The van der Waals surface area contributed by atoms with Gasteiger partial charge in [-0.1, -0.05) is 67.6 Å². The van der Waals surface area contributed by atoms with Gasteiger partial charge in [-0.3, -0.25) is 0 Å². The van der Waals surface area contributed by atoms with Crippen molar-refractivity contribution >= 4 is 11.4 Å². The van der Waals surface area contributed by atoms with Crippen molar-refractivity contribution in [3.63, 3.8) is 0 Å². The molecule has 2 nitrogen and oxygen atoms in total. The van der Waals surface area contributed by atoms with Crippen LogP contribution in [0.25, 0.3) is 5.57 Å². The predicted octanol–water partition coefficient (Wildman–Crippen LogP) is 7.21. The van der Waals surface area contributed by atoms with E-state index in [2.05, 4.69) is 71.4 Å². The largest absolute Gasteiger partial charge is 0.417 e. The molecule has 2 aromatic carbocycles. The third-order valence-electron chi connectivity index (χ3n) is 6.46. The Kier molecular flexibility index (Phi) is 7.17. The zero-order valence-electron chi connectivity index (χ0n) is 18.9. The Morgan fingerprint density at radius 3 is 2.21 bits per heavy atom. The average Bonchev–Trinajstić information content (AvgIpc) is 3.29. The van der Waals surface area contributed by atoms with E-state index in [1.165, 1.54) is 28.3 Å². The van der Waals surface area contributed by atoms with Crippen LogP contribution in [0.1, 0.15) is 42.0 Å². The van der Waals surface area contributed by atoms with E-state index >= 15 is 0 Å². The van der Waals surface area contributed by atoms with Crippen LogP contribution in [0.4, 0.5) is 19.0 Å². The summed E-state index contributed by atoms with van der Waals surface area (Å²) in [4.78, 5) is 6.10. The van der Waals surface area contributed by atoms with Gasteiger partial charge in [0.1, 0.15) is 5.82 Å². The van der Waals surface area contributed by atoms with Crippen LogP contribution >= 0.6 is 0 Å². The van der Waals surface area contributed by atoms with E-state index in [1.807, 2.05) is 6.07 Å². The summed E-state index contributed by atoms with van der Waals surface area (Å²) >= 11 is 0. The molecule has 5 rings (SSSR count). The molecule has 0 N–H and O–H groups in total. The second-order valence-electron chi connectivity index (χ2n) is 8.52. The average molecular weight is 451 g/mol. The Balaban J connectivity index is 0.000000275. The molecular weight excluding hydrogens is 421 g/mol. The highest BCUT2D eigenvalue weighted by atomic mass is 19.4. The fourth-order valence-corrected chi connectivity index (χ4v) is 4.57. The number of rotatable bonds is 3. The summed E-state index contributed by atoms with van der Waals surface area (Å²) in [5.41, 5.74) is 4.92. The minimum atomic E-state index is -4.33. The molecule has 0 saturated carbocycles. The topological polar surface area (TPSA) is 16.1 Å². The van der Waals surface area contributed by atoms with Gasteiger partial charge in [-0.05, 0) is 66.0 Å². The minimum absolute atomic E-state index is 0.523. The van der Waals surface area contributed by atoms with Gasteiger partial charge in [0.15, 0.2) is 0 Å². The van der Waals surface area contributed by atoms with Crippen LogP contribution in [0.3, 0.4) is 0 Å². The van der Waals surface area contributed by atoms with Crippen molar-refractivity contribution in [3.8, 4) is 0 Å². The van der Waals surface area contributed by atoms with Crippen molar-refractivity contribution < 1.29 is 13.2 Å². The van der Waals surface area contributed by atoms with Gasteiger partial charge >= 0.3 is 6.18 Å². The number of alkyl halides is 3. The molecule has 172 valence electrons. The van der Waals surface area contributed by atoms with E-state index in [0.717, 1.165) is 51.0 Å². The summed E-state index contributed by atoms with van der Waals surface area (Å²) in [7, 11) is 0. The van der Waals surface area contributed by atoms with Crippen molar-refractivity contribution in [3.05, 3.63) is 101 Å². The Bertz CT molecular complexity index is 1060. The summed E-state index contributed by atoms with van der Waals surface area (Å²) in [5.74, 6) is 1.15. The molecule has 2 heterocycles. The van der Waals surface area contributed by atoms with Gasteiger partial charge in [-0.15, -0.1) is 0 Å². The number of hydrogen-bond acceptors (Lipinski definition) is 2. The number of piperidine rings is 1. The number of fused-ring (bicyclic) bond motifs is 1. The summed E-state index contributed by atoms with van der Waals surface area (Å²) in [6.45, 7) is 3.81. The van der Waals surface area contributed by atoms with Crippen molar-refractivity contribution in [1.29, 1.82) is 0 Å². The first-order valence-electron chi connectivity index (χ1n) is 11.6. The highest BCUT2D eigenvalue weighted by Crippen LogP contribution is 2.38. The van der Waals surface area contributed by atoms with E-state index in [-0.39, 0.29) is 0 Å². The molecule has 0 spiro atoms. The number of aryl methyl sites for hydroxylation is 1. The smallest absolute Gasteiger partial charge is 0.357 e. The Labute approximate surface area is 193 Å². The normalized spacial score (nSPS) is 16.0. The second kappa shape index (κ2) is 10.2. The zero-order chi connectivity index (χ0) is 23.3. The third-order valence-corrected chi connectivity index (χ3v) is 6.46. The van der Waals surface area contributed by atoms with Gasteiger partial charge in [-0.25, -0.2) is 4.98 Å². The van der Waals surface area contributed by atoms with Gasteiger partial charge in [0, 0.05) is 19.3 Å². The molecule has 0 unspecified atom stereocenters. The number of nitrogens with zero attached hydrogens (tertiary/aromatic N) is 2. The van der Waals surface area contributed by atoms with E-state index in [0.29, 0.717) is 11.7 Å². The molecule has 1 aliphatic heterocycles. The molecule has 33 heavy (non-hydrogen) atoms. The SMILES string of the molecule is CCc1ccccc1.FC(F)(F)c1ccc(N2CCC(C3=CCc4ccccc43)CC2)nc1. The monoisotopic (exact) mass is 450 g/mol. The number of aromatic nitrogens is 1. The lowest BCUT2D eigenvalue weighted by Crippen LogP contribution is -2.34. The molecule has 5 heteroatoms. The van der Waals surface area contributed by atoms with Crippen molar-refractivity contribution in [2.24, 2.45) is 5.92 Å². The zero-order valence-corrected chi connectivity index (χ0v) is 18.9. The maximum absolute atomic E-state index is 12.6. The van der Waals surface area contributed by atoms with Crippen LogP contribution in [0, 0.1) is 5.92 Å². The van der Waals surface area contributed by atoms with E-state index in [1.54, 1.807) is 0 Å². The predicted molar refractivity (Wildman–Crippen MR) is 128 cm³/mol. The Morgan fingerprint density at radius 2 is 1.61 bits per heavy atom. The number of anilines is 1. The van der Waals surface area contributed by atoms with Crippen molar-refractivity contribution in [2.45, 2.75) is 38.8 Å². The number of pyridine rings is 1. The summed E-state index contributed by atoms with van der Waals surface area (Å²) in [6.07, 6.45) is 3.08. The van der Waals surface area contributed by atoms with Crippen LogP contribution in [-0.4, -0.2) is 18.1 Å². The van der Waals surface area contributed by atoms with Gasteiger partial charge < -0.3 is 4.90 Å². The summed E-state index contributed by atoms with van der Waals surface area (Å²) in [5, 5.41) is 0. The van der Waals surface area contributed by atoms with E-state index in [9.17, 15) is 13.2 Å². The molecule has 0 atom stereocenters. The minimum Gasteiger partial charge on any atom is -0.357 e. The lowest BCUT2D eigenvalue weighted by molar-refractivity contribution is -0.137. The van der Waals surface area contributed by atoms with Crippen LogP contribution in [0.5, 0.6) is 0 Å². The fourth-order valence-electron chi connectivity index (χ4n) is 4.57. The molecular formula is C28H29F3N2. The maximum atomic E-state index is 12.6. The molecule has 0 radical (unpaired) electrons.